The monoisotopic (exact) mass is 602 g/mol. The normalized spacial score (nSPS) is 14.1. The van der Waals surface area contributed by atoms with Crippen LogP contribution in [0, 0.1) is 0 Å². The number of hydrogen-bond acceptors (Lipinski definition) is 2. The summed E-state index contributed by atoms with van der Waals surface area (Å²) in [5.74, 6) is 0. The number of hydrogen-bond donors (Lipinski definition) is 1. The van der Waals surface area contributed by atoms with E-state index in [2.05, 4.69) is 181 Å². The van der Waals surface area contributed by atoms with E-state index in [1.807, 2.05) is 0 Å². The average molecular weight is 603 g/mol. The molecule has 2 nitrogen and oxygen atoms in total. The summed E-state index contributed by atoms with van der Waals surface area (Å²) >= 11 is 0. The van der Waals surface area contributed by atoms with Crippen molar-refractivity contribution in [2.75, 3.05) is 10.2 Å². The third-order valence-electron chi connectivity index (χ3n) is 9.80. The van der Waals surface area contributed by atoms with Crippen LogP contribution in [-0.4, -0.2) is 6.17 Å². The van der Waals surface area contributed by atoms with Crippen LogP contribution in [0.5, 0.6) is 0 Å². The summed E-state index contributed by atoms with van der Waals surface area (Å²) in [6, 6.07) is 60.0. The van der Waals surface area contributed by atoms with Crippen LogP contribution in [0.25, 0.3) is 65.7 Å². The lowest BCUT2D eigenvalue weighted by molar-refractivity contribution is 0.728. The Morgan fingerprint density at radius 2 is 1.04 bits per heavy atom. The molecular formula is C45H34N2. The number of benzene rings is 8. The van der Waals surface area contributed by atoms with Crippen LogP contribution < -0.4 is 10.2 Å². The van der Waals surface area contributed by atoms with Gasteiger partial charge >= 0.3 is 0 Å². The van der Waals surface area contributed by atoms with Gasteiger partial charge in [0.1, 0.15) is 6.17 Å². The Balaban J connectivity index is 1.21. The second kappa shape index (κ2) is 11.2. The van der Waals surface area contributed by atoms with Crippen molar-refractivity contribution in [1.82, 2.24) is 0 Å². The molecule has 1 N–H and O–H groups in total. The third kappa shape index (κ3) is 4.48. The Kier molecular flexibility index (Phi) is 6.53. The molecular weight excluding hydrogens is 569 g/mol. The van der Waals surface area contributed by atoms with Gasteiger partial charge in [0.2, 0.25) is 0 Å². The van der Waals surface area contributed by atoms with Crippen molar-refractivity contribution in [2.24, 2.45) is 0 Å². The van der Waals surface area contributed by atoms with Crippen LogP contribution in [0.3, 0.4) is 0 Å². The standard InChI is InChI=1S/C45H34N2/c1-2-43-46-41-23-9-10-24-42(41)47(43)34-27-25-31(26-28-34)44-37-18-5-7-20-39(37)45(40-21-8-6-19-38(40)44)33-16-11-15-32(29-33)36-22-12-14-30-13-3-4-17-35(30)36/h3-29,43,46H,2H2,1H3. The molecule has 1 unspecified atom stereocenters. The summed E-state index contributed by atoms with van der Waals surface area (Å²) in [7, 11) is 0. The Morgan fingerprint density at radius 1 is 0.489 bits per heavy atom. The summed E-state index contributed by atoms with van der Waals surface area (Å²) in [5, 5.41) is 11.3. The minimum atomic E-state index is 0.240. The zero-order valence-corrected chi connectivity index (χ0v) is 26.3. The van der Waals surface area contributed by atoms with Gasteiger partial charge in [0.25, 0.3) is 0 Å². The van der Waals surface area contributed by atoms with Gasteiger partial charge < -0.3 is 10.2 Å². The molecule has 47 heavy (non-hydrogen) atoms. The molecule has 1 aliphatic heterocycles. The molecule has 8 aromatic carbocycles. The summed E-state index contributed by atoms with van der Waals surface area (Å²) in [6.45, 7) is 2.24. The lowest BCUT2D eigenvalue weighted by Gasteiger charge is -2.26. The molecule has 1 atom stereocenters. The predicted octanol–water partition coefficient (Wildman–Crippen LogP) is 12.4. The summed E-state index contributed by atoms with van der Waals surface area (Å²) in [4.78, 5) is 2.43. The number of rotatable bonds is 5. The van der Waals surface area contributed by atoms with Crippen molar-refractivity contribution >= 4 is 49.4 Å². The molecule has 0 amide bonds. The maximum absolute atomic E-state index is 3.70. The number of fused-ring (bicyclic) bond motifs is 4. The van der Waals surface area contributed by atoms with E-state index in [-0.39, 0.29) is 6.17 Å². The van der Waals surface area contributed by atoms with Gasteiger partial charge in [-0.3, -0.25) is 0 Å². The van der Waals surface area contributed by atoms with Gasteiger partial charge in [0.05, 0.1) is 11.4 Å². The number of anilines is 3. The highest BCUT2D eigenvalue weighted by molar-refractivity contribution is 6.21. The molecule has 8 aromatic rings. The summed E-state index contributed by atoms with van der Waals surface area (Å²) < 4.78 is 0. The zero-order valence-electron chi connectivity index (χ0n) is 26.3. The highest BCUT2D eigenvalue weighted by Gasteiger charge is 2.28. The van der Waals surface area contributed by atoms with E-state index >= 15 is 0 Å². The first kappa shape index (κ1) is 27.5. The number of nitrogens with zero attached hydrogens (tertiary/aromatic N) is 1. The van der Waals surface area contributed by atoms with Crippen LogP contribution in [0.15, 0.2) is 164 Å². The van der Waals surface area contributed by atoms with E-state index in [0.29, 0.717) is 0 Å². The van der Waals surface area contributed by atoms with Gasteiger partial charge in [-0.25, -0.2) is 0 Å². The van der Waals surface area contributed by atoms with Gasteiger partial charge in [0.15, 0.2) is 0 Å². The fourth-order valence-electron chi connectivity index (χ4n) is 7.68. The van der Waals surface area contributed by atoms with Crippen molar-refractivity contribution < 1.29 is 0 Å². The quantitative estimate of drug-likeness (QED) is 0.197. The first-order valence-electron chi connectivity index (χ1n) is 16.6. The van der Waals surface area contributed by atoms with Gasteiger partial charge in [-0.1, -0.05) is 140 Å². The van der Waals surface area contributed by atoms with Crippen molar-refractivity contribution in [2.45, 2.75) is 19.5 Å². The second-order valence-corrected chi connectivity index (χ2v) is 12.5. The highest BCUT2D eigenvalue weighted by atomic mass is 15.3. The molecule has 0 saturated carbocycles. The molecule has 224 valence electrons. The van der Waals surface area contributed by atoms with Crippen LogP contribution in [-0.2, 0) is 0 Å². The molecule has 1 heterocycles. The van der Waals surface area contributed by atoms with Gasteiger partial charge in [-0.15, -0.1) is 0 Å². The minimum absolute atomic E-state index is 0.240. The largest absolute Gasteiger partial charge is 0.363 e. The molecule has 0 aliphatic carbocycles. The van der Waals surface area contributed by atoms with Crippen LogP contribution in [0.2, 0.25) is 0 Å². The molecule has 2 heteroatoms. The molecule has 9 rings (SSSR count). The fourth-order valence-corrected chi connectivity index (χ4v) is 7.68. The summed E-state index contributed by atoms with van der Waals surface area (Å²) in [5.41, 5.74) is 11.1. The van der Waals surface area contributed by atoms with Crippen molar-refractivity contribution in [3.05, 3.63) is 164 Å². The summed E-state index contributed by atoms with van der Waals surface area (Å²) in [6.07, 6.45) is 1.25. The van der Waals surface area contributed by atoms with E-state index in [0.717, 1.165) is 6.42 Å². The molecule has 0 fully saturated rings. The number of nitrogens with one attached hydrogen (secondary N) is 1. The molecule has 0 radical (unpaired) electrons. The van der Waals surface area contributed by atoms with Crippen molar-refractivity contribution in [3.63, 3.8) is 0 Å². The van der Waals surface area contributed by atoms with Crippen molar-refractivity contribution in [3.8, 4) is 33.4 Å². The fraction of sp³-hybridized carbons (Fsp3) is 0.0667. The van der Waals surface area contributed by atoms with Crippen LogP contribution in [0.1, 0.15) is 13.3 Å². The van der Waals surface area contributed by atoms with Crippen molar-refractivity contribution in [1.29, 1.82) is 0 Å². The van der Waals surface area contributed by atoms with E-state index in [4.69, 9.17) is 0 Å². The Bertz CT molecular complexity index is 2380. The SMILES string of the molecule is CCC1Nc2ccccc2N1c1ccc(-c2c3ccccc3c(-c3cccc(-c4cccc5ccccc45)c3)c3ccccc23)cc1. The van der Waals surface area contributed by atoms with Crippen LogP contribution >= 0.6 is 0 Å². The Morgan fingerprint density at radius 3 is 1.74 bits per heavy atom. The van der Waals surface area contributed by atoms with E-state index in [9.17, 15) is 0 Å². The molecule has 1 aliphatic rings. The van der Waals surface area contributed by atoms with Gasteiger partial charge in [-0.2, -0.15) is 0 Å². The Labute approximate surface area is 275 Å². The van der Waals surface area contributed by atoms with E-state index < -0.39 is 0 Å². The smallest absolute Gasteiger partial charge is 0.104 e. The Hall–Kier alpha value is -5.86. The predicted molar refractivity (Wildman–Crippen MR) is 202 cm³/mol. The van der Waals surface area contributed by atoms with Gasteiger partial charge in [-0.05, 0) is 102 Å². The third-order valence-corrected chi connectivity index (χ3v) is 9.80. The molecule has 0 aromatic heterocycles. The van der Waals surface area contributed by atoms with Gasteiger partial charge in [0, 0.05) is 5.69 Å². The van der Waals surface area contributed by atoms with Crippen LogP contribution in [0.4, 0.5) is 17.1 Å². The molecule has 0 spiro atoms. The number of para-hydroxylation sites is 2. The topological polar surface area (TPSA) is 15.3 Å². The lowest BCUT2D eigenvalue weighted by Crippen LogP contribution is -2.30. The minimum Gasteiger partial charge on any atom is -0.363 e. The maximum atomic E-state index is 3.70. The van der Waals surface area contributed by atoms with E-state index in [1.165, 1.54) is 82.8 Å². The molecule has 0 saturated heterocycles. The first-order chi connectivity index (χ1) is 23.3. The average Bonchev–Trinajstić information content (AvgIpc) is 3.52. The highest BCUT2D eigenvalue weighted by Crippen LogP contribution is 2.46. The second-order valence-electron chi connectivity index (χ2n) is 12.5. The van der Waals surface area contributed by atoms with E-state index in [1.54, 1.807) is 0 Å². The molecule has 0 bridgehead atoms. The lowest BCUT2D eigenvalue weighted by atomic mass is 9.85. The maximum Gasteiger partial charge on any atom is 0.104 e. The first-order valence-corrected chi connectivity index (χ1v) is 16.6. The zero-order chi connectivity index (χ0) is 31.3.